The quantitative estimate of drug-likeness (QED) is 0.638. The van der Waals surface area contributed by atoms with E-state index in [2.05, 4.69) is 0 Å². The van der Waals surface area contributed by atoms with Gasteiger partial charge in [-0.2, -0.15) is 0 Å². The predicted molar refractivity (Wildman–Crippen MR) is 120 cm³/mol. The largest absolute Gasteiger partial charge is 0.396 e. The molecule has 1 aromatic heterocycles. The lowest BCUT2D eigenvalue weighted by Crippen LogP contribution is -2.36. The van der Waals surface area contributed by atoms with Crippen molar-refractivity contribution in [3.05, 3.63) is 99.2 Å². The van der Waals surface area contributed by atoms with Gasteiger partial charge in [0, 0.05) is 24.5 Å². The fourth-order valence-corrected chi connectivity index (χ4v) is 4.60. The molecule has 1 atom stereocenters. The molecule has 0 aliphatic heterocycles. The summed E-state index contributed by atoms with van der Waals surface area (Å²) >= 11 is 0. The van der Waals surface area contributed by atoms with E-state index in [9.17, 15) is 9.59 Å². The van der Waals surface area contributed by atoms with Gasteiger partial charge in [-0.25, -0.2) is 4.98 Å². The van der Waals surface area contributed by atoms with Gasteiger partial charge in [0.25, 0.3) is 5.56 Å². The van der Waals surface area contributed by atoms with E-state index in [0.29, 0.717) is 37.9 Å². The topological polar surface area (TPSA) is 72.2 Å². The highest BCUT2D eigenvalue weighted by atomic mass is 16.3. The van der Waals surface area contributed by atoms with E-state index in [4.69, 9.17) is 10.1 Å². The Morgan fingerprint density at radius 1 is 1.10 bits per heavy atom. The van der Waals surface area contributed by atoms with Gasteiger partial charge in [-0.05, 0) is 43.7 Å². The number of Topliss-reactive ketones (excluding diaryl/α,β-unsaturated/α-hetero) is 1. The monoisotopic (exact) mass is 416 g/mol. The SMILES string of the molecule is Cc1nc2c(c(=O)n1C(c1ccccc1)c1ccccc1)CCC(C(=O)CCCO)C2. The van der Waals surface area contributed by atoms with E-state index in [1.165, 1.54) is 0 Å². The molecule has 1 unspecified atom stereocenters. The predicted octanol–water partition coefficient (Wildman–Crippen LogP) is 3.64. The lowest BCUT2D eigenvalue weighted by atomic mass is 9.83. The molecule has 0 saturated carbocycles. The third-order valence-electron chi connectivity index (χ3n) is 6.18. The molecule has 5 nitrogen and oxygen atoms in total. The van der Waals surface area contributed by atoms with Crippen LogP contribution in [0, 0.1) is 12.8 Å². The van der Waals surface area contributed by atoms with Crippen LogP contribution in [0.1, 0.15) is 53.5 Å². The van der Waals surface area contributed by atoms with Crippen LogP contribution >= 0.6 is 0 Å². The molecular formula is C26H28N2O3. The summed E-state index contributed by atoms with van der Waals surface area (Å²) in [4.78, 5) is 31.0. The zero-order valence-corrected chi connectivity index (χ0v) is 17.8. The number of nitrogens with zero attached hydrogens (tertiary/aromatic N) is 2. The van der Waals surface area contributed by atoms with Gasteiger partial charge in [0.1, 0.15) is 11.6 Å². The smallest absolute Gasteiger partial charge is 0.257 e. The highest BCUT2D eigenvalue weighted by Gasteiger charge is 2.30. The lowest BCUT2D eigenvalue weighted by molar-refractivity contribution is -0.123. The van der Waals surface area contributed by atoms with E-state index in [-0.39, 0.29) is 29.9 Å². The standard InChI is InChI=1S/C26H28N2O3/c1-18-27-23-17-21(24(30)13-8-16-29)14-15-22(23)26(31)28(18)25(19-9-4-2-5-10-19)20-11-6-3-7-12-20/h2-7,9-12,21,25,29H,8,13-17H2,1H3. The van der Waals surface area contributed by atoms with Gasteiger partial charge in [-0.3, -0.25) is 14.2 Å². The first kappa shape index (κ1) is 21.2. The maximum Gasteiger partial charge on any atom is 0.257 e. The molecule has 4 rings (SSSR count). The van der Waals surface area contributed by atoms with Crippen LogP contribution in [-0.2, 0) is 17.6 Å². The Labute approximate surface area is 182 Å². The van der Waals surface area contributed by atoms with Crippen molar-refractivity contribution >= 4 is 5.78 Å². The van der Waals surface area contributed by atoms with Crippen molar-refractivity contribution in [1.82, 2.24) is 9.55 Å². The highest BCUT2D eigenvalue weighted by Crippen LogP contribution is 2.29. The van der Waals surface area contributed by atoms with Crippen LogP contribution in [0.5, 0.6) is 0 Å². The Kier molecular flexibility index (Phi) is 6.42. The third-order valence-corrected chi connectivity index (χ3v) is 6.18. The number of aryl methyl sites for hydroxylation is 1. The number of carbonyl (C=O) groups excluding carboxylic acids is 1. The molecule has 31 heavy (non-hydrogen) atoms. The number of hydrogen-bond donors (Lipinski definition) is 1. The van der Waals surface area contributed by atoms with Gasteiger partial charge < -0.3 is 5.11 Å². The first-order valence-electron chi connectivity index (χ1n) is 10.9. The number of benzene rings is 2. The second-order valence-corrected chi connectivity index (χ2v) is 8.22. The van der Waals surface area contributed by atoms with Gasteiger partial charge in [0.05, 0.1) is 11.7 Å². The van der Waals surface area contributed by atoms with Crippen molar-refractivity contribution in [2.75, 3.05) is 6.61 Å². The van der Waals surface area contributed by atoms with Crippen LogP contribution in [0.25, 0.3) is 0 Å². The fraction of sp³-hybridized carbons (Fsp3) is 0.346. The molecule has 1 aliphatic carbocycles. The van der Waals surface area contributed by atoms with E-state index < -0.39 is 0 Å². The summed E-state index contributed by atoms with van der Waals surface area (Å²) in [6.45, 7) is 1.90. The van der Waals surface area contributed by atoms with Gasteiger partial charge in [-0.1, -0.05) is 60.7 Å². The van der Waals surface area contributed by atoms with Gasteiger partial charge >= 0.3 is 0 Å². The maximum absolute atomic E-state index is 13.7. The lowest BCUT2D eigenvalue weighted by Gasteiger charge is -2.27. The van der Waals surface area contributed by atoms with Crippen LogP contribution in [0.2, 0.25) is 0 Å². The van der Waals surface area contributed by atoms with E-state index in [0.717, 1.165) is 22.4 Å². The minimum absolute atomic E-state index is 0.0125. The molecule has 1 aliphatic rings. The number of hydrogen-bond acceptors (Lipinski definition) is 4. The van der Waals surface area contributed by atoms with Crippen LogP contribution in [-0.4, -0.2) is 27.0 Å². The van der Waals surface area contributed by atoms with Gasteiger partial charge in [-0.15, -0.1) is 0 Å². The fourth-order valence-electron chi connectivity index (χ4n) is 4.60. The van der Waals surface area contributed by atoms with Crippen LogP contribution in [0.4, 0.5) is 0 Å². The molecule has 0 saturated heterocycles. The maximum atomic E-state index is 13.7. The van der Waals surface area contributed by atoms with E-state index >= 15 is 0 Å². The number of rotatable bonds is 7. The number of ketones is 1. The van der Waals surface area contributed by atoms with Gasteiger partial charge in [0.15, 0.2) is 0 Å². The molecule has 0 radical (unpaired) electrons. The van der Waals surface area contributed by atoms with Crippen molar-refractivity contribution in [2.24, 2.45) is 5.92 Å². The molecule has 1 heterocycles. The number of aliphatic hydroxyl groups is 1. The second kappa shape index (κ2) is 9.40. The summed E-state index contributed by atoms with van der Waals surface area (Å²) in [5.41, 5.74) is 3.55. The first-order chi connectivity index (χ1) is 15.1. The molecule has 0 spiro atoms. The number of aromatic nitrogens is 2. The summed E-state index contributed by atoms with van der Waals surface area (Å²) in [6.07, 6.45) is 2.62. The molecular weight excluding hydrogens is 388 g/mol. The minimum atomic E-state index is -0.253. The Morgan fingerprint density at radius 2 is 1.71 bits per heavy atom. The van der Waals surface area contributed by atoms with E-state index in [1.807, 2.05) is 67.6 Å². The molecule has 2 aromatic carbocycles. The number of carbonyl (C=O) groups is 1. The number of fused-ring (bicyclic) bond motifs is 1. The molecule has 0 fully saturated rings. The Hall–Kier alpha value is -3.05. The summed E-state index contributed by atoms with van der Waals surface area (Å²) in [6, 6.07) is 19.8. The average Bonchev–Trinajstić information content (AvgIpc) is 2.81. The summed E-state index contributed by atoms with van der Waals surface area (Å²) in [5, 5.41) is 9.01. The van der Waals surface area contributed by atoms with Crippen molar-refractivity contribution in [2.45, 2.75) is 45.1 Å². The second-order valence-electron chi connectivity index (χ2n) is 8.22. The molecule has 0 amide bonds. The molecule has 1 N–H and O–H groups in total. The minimum Gasteiger partial charge on any atom is -0.396 e. The molecule has 0 bridgehead atoms. The summed E-state index contributed by atoms with van der Waals surface area (Å²) in [7, 11) is 0. The van der Waals surface area contributed by atoms with Crippen molar-refractivity contribution in [3.8, 4) is 0 Å². The van der Waals surface area contributed by atoms with Crippen LogP contribution in [0.3, 0.4) is 0 Å². The van der Waals surface area contributed by atoms with Crippen molar-refractivity contribution in [3.63, 3.8) is 0 Å². The molecule has 3 aromatic rings. The van der Waals surface area contributed by atoms with Crippen molar-refractivity contribution < 1.29 is 9.90 Å². The van der Waals surface area contributed by atoms with E-state index in [1.54, 1.807) is 4.57 Å². The highest BCUT2D eigenvalue weighted by molar-refractivity contribution is 5.81. The summed E-state index contributed by atoms with van der Waals surface area (Å²) in [5.74, 6) is 0.708. The average molecular weight is 417 g/mol. The molecule has 160 valence electrons. The Balaban J connectivity index is 1.76. The Morgan fingerprint density at radius 3 is 2.29 bits per heavy atom. The number of aliphatic hydroxyl groups excluding tert-OH is 1. The molecule has 5 heteroatoms. The van der Waals surface area contributed by atoms with Crippen LogP contribution < -0.4 is 5.56 Å². The summed E-state index contributed by atoms with van der Waals surface area (Å²) < 4.78 is 1.80. The first-order valence-corrected chi connectivity index (χ1v) is 10.9. The Bertz CT molecular complexity index is 1070. The third kappa shape index (κ3) is 4.37. The van der Waals surface area contributed by atoms with Crippen molar-refractivity contribution in [1.29, 1.82) is 0 Å². The zero-order chi connectivity index (χ0) is 21.8. The van der Waals surface area contributed by atoms with Gasteiger partial charge in [0.2, 0.25) is 0 Å². The normalized spacial score (nSPS) is 15.6. The zero-order valence-electron chi connectivity index (χ0n) is 17.8. The van der Waals surface area contributed by atoms with Crippen LogP contribution in [0.15, 0.2) is 65.5 Å².